The average molecular weight is 769 g/mol. The fraction of sp³-hybridized carbons (Fsp3) is 0.455. The van der Waals surface area contributed by atoms with E-state index in [1.165, 1.54) is 0 Å². The van der Waals surface area contributed by atoms with Crippen molar-refractivity contribution in [3.8, 4) is 0 Å². The largest absolute Gasteiger partial charge is 0.461 e. The van der Waals surface area contributed by atoms with Crippen LogP contribution in [0.25, 0.3) is 10.9 Å². The van der Waals surface area contributed by atoms with Crippen LogP contribution in [-0.2, 0) is 30.4 Å². The Morgan fingerprint density at radius 1 is 0.893 bits per heavy atom. The summed E-state index contributed by atoms with van der Waals surface area (Å²) in [5.74, 6) is -1.48. The zero-order chi connectivity index (χ0) is 39.7. The first kappa shape index (κ1) is 40.4. The standard InChI is InChI=1S/C44H53FN4O7/c1-44(2,3)56-43(53)48-38(27-45)31-15-17-32(18-16-31)41(51)49-22-21-35(30-13-8-5-9-14-30)39(49)40(50)46-34-19-20-36-33(25-34)26-37(47-36)42(52)55-24-10-23-54-28-29-11-6-4-7-12-29/h4-9,11-14,19-20,25-26,31-32,35,38-39,47H,10,15-18,21-24,27-28H2,1-3H3,(H,46,50)(H,48,53)/t31?,32?,35-,38-,39+/m1/s1. The molecule has 11 nitrogen and oxygen atoms in total. The molecule has 1 aliphatic heterocycles. The molecule has 4 aromatic rings. The van der Waals surface area contributed by atoms with Crippen LogP contribution in [0, 0.1) is 11.8 Å². The first-order chi connectivity index (χ1) is 27.0. The molecule has 1 saturated carbocycles. The number of alkyl carbamates (subject to hydrolysis) is 1. The monoisotopic (exact) mass is 768 g/mol. The van der Waals surface area contributed by atoms with Gasteiger partial charge in [-0.25, -0.2) is 14.0 Å². The maximum absolute atomic E-state index is 14.2. The molecule has 56 heavy (non-hydrogen) atoms. The third-order valence-electron chi connectivity index (χ3n) is 10.6. The van der Waals surface area contributed by atoms with Gasteiger partial charge in [0.15, 0.2) is 0 Å². The second-order valence-electron chi connectivity index (χ2n) is 15.8. The number of ether oxygens (including phenoxy) is 3. The van der Waals surface area contributed by atoms with Crippen LogP contribution in [0.2, 0.25) is 0 Å². The van der Waals surface area contributed by atoms with Crippen molar-refractivity contribution in [2.45, 2.75) is 89.5 Å². The molecule has 3 aromatic carbocycles. The van der Waals surface area contributed by atoms with Crippen LogP contribution in [-0.4, -0.2) is 77.9 Å². The molecular weight excluding hydrogens is 716 g/mol. The number of hydrogen-bond acceptors (Lipinski definition) is 7. The molecule has 6 rings (SSSR count). The summed E-state index contributed by atoms with van der Waals surface area (Å²) in [6, 6.07) is 25.3. The van der Waals surface area contributed by atoms with Gasteiger partial charge in [0.25, 0.3) is 0 Å². The molecule has 0 bridgehead atoms. The van der Waals surface area contributed by atoms with Gasteiger partial charge < -0.3 is 34.7 Å². The zero-order valence-corrected chi connectivity index (χ0v) is 32.4. The minimum atomic E-state index is -0.737. The maximum Gasteiger partial charge on any atom is 0.407 e. The number of benzene rings is 3. The van der Waals surface area contributed by atoms with Crippen LogP contribution >= 0.6 is 0 Å². The molecule has 2 aliphatic rings. The number of H-pyrrole nitrogens is 1. The average Bonchev–Trinajstić information content (AvgIpc) is 3.83. The quantitative estimate of drug-likeness (QED) is 0.0875. The van der Waals surface area contributed by atoms with E-state index in [-0.39, 0.29) is 36.2 Å². The Morgan fingerprint density at radius 2 is 1.61 bits per heavy atom. The number of carbonyl (C=O) groups excluding carboxylic acids is 4. The van der Waals surface area contributed by atoms with Crippen molar-refractivity contribution in [1.29, 1.82) is 0 Å². The fourth-order valence-corrected chi connectivity index (χ4v) is 7.86. The van der Waals surface area contributed by atoms with E-state index >= 15 is 0 Å². The first-order valence-corrected chi connectivity index (χ1v) is 19.6. The van der Waals surface area contributed by atoms with Gasteiger partial charge in [0.2, 0.25) is 11.8 Å². The van der Waals surface area contributed by atoms with Crippen molar-refractivity contribution >= 4 is 40.5 Å². The molecule has 12 heteroatoms. The zero-order valence-electron chi connectivity index (χ0n) is 32.4. The van der Waals surface area contributed by atoms with Gasteiger partial charge in [-0.05, 0) is 94.2 Å². The Bertz CT molecular complexity index is 1940. The third kappa shape index (κ3) is 10.5. The predicted molar refractivity (Wildman–Crippen MR) is 212 cm³/mol. The lowest BCUT2D eigenvalue weighted by Crippen LogP contribution is -2.49. The summed E-state index contributed by atoms with van der Waals surface area (Å²) >= 11 is 0. The highest BCUT2D eigenvalue weighted by atomic mass is 19.1. The number of aromatic nitrogens is 1. The number of nitrogens with one attached hydrogen (secondary N) is 3. The number of fused-ring (bicyclic) bond motifs is 1. The van der Waals surface area contributed by atoms with E-state index in [2.05, 4.69) is 15.6 Å². The van der Waals surface area contributed by atoms with Crippen molar-refractivity contribution < 1.29 is 37.8 Å². The second-order valence-corrected chi connectivity index (χ2v) is 15.8. The predicted octanol–water partition coefficient (Wildman–Crippen LogP) is 7.92. The molecule has 2 fully saturated rings. The highest BCUT2D eigenvalue weighted by molar-refractivity contribution is 6.01. The number of carbonyl (C=O) groups is 4. The van der Waals surface area contributed by atoms with Crippen LogP contribution < -0.4 is 10.6 Å². The minimum absolute atomic E-state index is 0.0778. The Kier molecular flexibility index (Phi) is 13.4. The molecule has 0 spiro atoms. The van der Waals surface area contributed by atoms with Crippen LogP contribution in [0.5, 0.6) is 0 Å². The number of halogens is 1. The second kappa shape index (κ2) is 18.6. The van der Waals surface area contributed by atoms with Crippen LogP contribution in [0.1, 0.15) is 86.8 Å². The number of nitrogens with zero attached hydrogens (tertiary/aromatic N) is 1. The van der Waals surface area contributed by atoms with E-state index in [1.807, 2.05) is 60.7 Å². The van der Waals surface area contributed by atoms with Gasteiger partial charge in [-0.1, -0.05) is 60.7 Å². The number of likely N-dealkylation sites (tertiary alicyclic amines) is 1. The number of amides is 3. The Labute approximate surface area is 327 Å². The molecule has 3 N–H and O–H groups in total. The Hall–Kier alpha value is -5.23. The molecule has 1 aliphatic carbocycles. The summed E-state index contributed by atoms with van der Waals surface area (Å²) in [4.78, 5) is 58.4. The van der Waals surface area contributed by atoms with E-state index in [0.29, 0.717) is 75.2 Å². The third-order valence-corrected chi connectivity index (χ3v) is 10.6. The minimum Gasteiger partial charge on any atom is -0.461 e. The highest BCUT2D eigenvalue weighted by Gasteiger charge is 2.45. The smallest absolute Gasteiger partial charge is 0.407 e. The van der Waals surface area contributed by atoms with Crippen LogP contribution in [0.15, 0.2) is 84.9 Å². The van der Waals surface area contributed by atoms with Gasteiger partial charge in [-0.15, -0.1) is 0 Å². The number of rotatable bonds is 14. The lowest BCUT2D eigenvalue weighted by molar-refractivity contribution is -0.141. The SMILES string of the molecule is CC(C)(C)OC(=O)N[C@H](CF)C1CCC(C(=O)N2CC[C@H](c3ccccc3)[C@H]2C(=O)Nc2ccc3[nH]c(C(=O)OCCCOCc4ccccc4)cc3c2)CC1. The summed E-state index contributed by atoms with van der Waals surface area (Å²) in [5, 5.41) is 6.47. The topological polar surface area (TPSA) is 139 Å². The molecule has 3 amide bonds. The number of hydrogen-bond donors (Lipinski definition) is 3. The number of esters is 1. The molecule has 298 valence electrons. The molecule has 0 unspecified atom stereocenters. The molecule has 0 radical (unpaired) electrons. The summed E-state index contributed by atoms with van der Waals surface area (Å²) in [5.41, 5.74) is 2.93. The van der Waals surface area contributed by atoms with Crippen molar-refractivity contribution in [2.24, 2.45) is 11.8 Å². The van der Waals surface area contributed by atoms with E-state index in [0.717, 1.165) is 16.5 Å². The summed E-state index contributed by atoms with van der Waals surface area (Å²) in [7, 11) is 0. The van der Waals surface area contributed by atoms with E-state index < -0.39 is 36.4 Å². The molecule has 1 aromatic heterocycles. The van der Waals surface area contributed by atoms with Crippen molar-refractivity contribution in [3.63, 3.8) is 0 Å². The molecule has 2 heterocycles. The summed E-state index contributed by atoms with van der Waals surface area (Å²) in [6.45, 7) is 6.16. The van der Waals surface area contributed by atoms with Gasteiger partial charge in [-0.3, -0.25) is 9.59 Å². The lowest BCUT2D eigenvalue weighted by Gasteiger charge is -2.36. The van der Waals surface area contributed by atoms with Gasteiger partial charge in [0, 0.05) is 41.4 Å². The summed E-state index contributed by atoms with van der Waals surface area (Å²) < 4.78 is 30.6. The Balaban J connectivity index is 1.06. The first-order valence-electron chi connectivity index (χ1n) is 19.6. The van der Waals surface area contributed by atoms with Crippen molar-refractivity contribution in [3.05, 3.63) is 102 Å². The van der Waals surface area contributed by atoms with E-state index in [9.17, 15) is 23.6 Å². The normalized spacial score (nSPS) is 20.3. The van der Waals surface area contributed by atoms with Gasteiger partial charge >= 0.3 is 12.1 Å². The maximum atomic E-state index is 14.2. The highest BCUT2D eigenvalue weighted by Crippen LogP contribution is 2.39. The molecule has 1 saturated heterocycles. The van der Waals surface area contributed by atoms with Crippen LogP contribution in [0.4, 0.5) is 14.9 Å². The number of alkyl halides is 1. The number of aromatic amines is 1. The fourth-order valence-electron chi connectivity index (χ4n) is 7.86. The van der Waals surface area contributed by atoms with Crippen LogP contribution in [0.3, 0.4) is 0 Å². The molecular formula is C44H53FN4O7. The van der Waals surface area contributed by atoms with E-state index in [1.54, 1.807) is 49.9 Å². The lowest BCUT2D eigenvalue weighted by atomic mass is 9.78. The van der Waals surface area contributed by atoms with Gasteiger partial charge in [0.1, 0.15) is 24.0 Å². The Morgan fingerprint density at radius 3 is 2.30 bits per heavy atom. The number of anilines is 1. The van der Waals surface area contributed by atoms with Gasteiger partial charge in [-0.2, -0.15) is 0 Å². The van der Waals surface area contributed by atoms with E-state index in [4.69, 9.17) is 14.2 Å². The summed E-state index contributed by atoms with van der Waals surface area (Å²) in [6.07, 6.45) is 2.76. The van der Waals surface area contributed by atoms with Gasteiger partial charge in [0.05, 0.1) is 25.9 Å². The van der Waals surface area contributed by atoms with Crippen molar-refractivity contribution in [2.75, 3.05) is 31.7 Å². The molecule has 3 atom stereocenters. The van der Waals surface area contributed by atoms with Crippen molar-refractivity contribution in [1.82, 2.24) is 15.2 Å².